The van der Waals surface area contributed by atoms with Gasteiger partial charge in [-0.15, -0.1) is 0 Å². The largest absolute Gasteiger partial charge is 0.444 e. The molecule has 2 aromatic rings. The van der Waals surface area contributed by atoms with E-state index in [2.05, 4.69) is 9.88 Å². The molecule has 2 saturated heterocycles. The highest BCUT2D eigenvalue weighted by molar-refractivity contribution is 6.30. The van der Waals surface area contributed by atoms with E-state index in [1.807, 2.05) is 49.9 Å². The van der Waals surface area contributed by atoms with Crippen molar-refractivity contribution in [2.45, 2.75) is 77.1 Å². The number of hydrogen-bond acceptors (Lipinski definition) is 5. The third-order valence-electron chi connectivity index (χ3n) is 6.04. The molecule has 0 N–H and O–H groups in total. The Hall–Kier alpha value is -2.05. The topological polar surface area (TPSA) is 58.8 Å². The fourth-order valence-corrected chi connectivity index (χ4v) is 4.91. The van der Waals surface area contributed by atoms with Gasteiger partial charge in [-0.3, -0.25) is 4.90 Å². The molecule has 31 heavy (non-hydrogen) atoms. The SMILES string of the molecule is CC(C)(C)OC(=O)N1CCC[C@H]1[C@H]1CCCCN1Cc1ncc(-c2cccc(Cl)c2)o1. The molecule has 4 rings (SSSR count). The second-order valence-electron chi connectivity index (χ2n) is 9.55. The highest BCUT2D eigenvalue weighted by Gasteiger charge is 2.40. The Labute approximate surface area is 189 Å². The number of aromatic nitrogens is 1. The van der Waals surface area contributed by atoms with Crippen LogP contribution >= 0.6 is 11.6 Å². The van der Waals surface area contributed by atoms with Crippen LogP contribution in [0, 0.1) is 0 Å². The summed E-state index contributed by atoms with van der Waals surface area (Å²) in [6, 6.07) is 8.08. The van der Waals surface area contributed by atoms with Gasteiger partial charge in [0.15, 0.2) is 5.76 Å². The molecule has 0 bridgehead atoms. The maximum absolute atomic E-state index is 12.8. The number of oxazole rings is 1. The van der Waals surface area contributed by atoms with Crippen LogP contribution in [0.5, 0.6) is 0 Å². The first-order chi connectivity index (χ1) is 14.8. The van der Waals surface area contributed by atoms with Crippen molar-refractivity contribution >= 4 is 17.7 Å². The molecule has 0 unspecified atom stereocenters. The predicted molar refractivity (Wildman–Crippen MR) is 121 cm³/mol. The molecule has 0 radical (unpaired) electrons. The molecular formula is C24H32ClN3O3. The van der Waals surface area contributed by atoms with Crippen molar-refractivity contribution in [3.05, 3.63) is 41.4 Å². The van der Waals surface area contributed by atoms with Crippen molar-refractivity contribution in [1.82, 2.24) is 14.8 Å². The van der Waals surface area contributed by atoms with Gasteiger partial charge in [0.05, 0.1) is 18.8 Å². The molecular weight excluding hydrogens is 414 g/mol. The Morgan fingerprint density at radius 2 is 2.00 bits per heavy atom. The highest BCUT2D eigenvalue weighted by atomic mass is 35.5. The van der Waals surface area contributed by atoms with Crippen LogP contribution in [0.4, 0.5) is 4.79 Å². The summed E-state index contributed by atoms with van der Waals surface area (Å²) in [5.74, 6) is 1.42. The van der Waals surface area contributed by atoms with Crippen LogP contribution < -0.4 is 0 Å². The Morgan fingerprint density at radius 1 is 1.19 bits per heavy atom. The number of rotatable bonds is 4. The van der Waals surface area contributed by atoms with Crippen molar-refractivity contribution in [3.63, 3.8) is 0 Å². The van der Waals surface area contributed by atoms with E-state index in [-0.39, 0.29) is 12.1 Å². The fourth-order valence-electron chi connectivity index (χ4n) is 4.72. The summed E-state index contributed by atoms with van der Waals surface area (Å²) < 4.78 is 11.7. The van der Waals surface area contributed by atoms with Crippen molar-refractivity contribution in [1.29, 1.82) is 0 Å². The Balaban J connectivity index is 1.47. The minimum atomic E-state index is -0.481. The van der Waals surface area contributed by atoms with E-state index in [0.717, 1.165) is 50.1 Å². The van der Waals surface area contributed by atoms with Gasteiger partial charge in [0.2, 0.25) is 5.89 Å². The Kier molecular flexibility index (Phi) is 6.58. The lowest BCUT2D eigenvalue weighted by Gasteiger charge is -2.41. The van der Waals surface area contributed by atoms with Crippen LogP contribution in [0.1, 0.15) is 58.8 Å². The molecule has 2 aliphatic heterocycles. The van der Waals surface area contributed by atoms with Gasteiger partial charge in [-0.25, -0.2) is 9.78 Å². The number of benzene rings is 1. The van der Waals surface area contributed by atoms with Gasteiger partial charge < -0.3 is 14.1 Å². The number of nitrogens with zero attached hydrogens (tertiary/aromatic N) is 3. The number of ether oxygens (including phenoxy) is 1. The normalized spacial score (nSPS) is 22.6. The predicted octanol–water partition coefficient (Wildman–Crippen LogP) is 5.75. The number of halogens is 1. The maximum atomic E-state index is 12.8. The first-order valence-electron chi connectivity index (χ1n) is 11.2. The molecule has 3 heterocycles. The maximum Gasteiger partial charge on any atom is 0.410 e. The zero-order valence-electron chi connectivity index (χ0n) is 18.6. The molecule has 168 valence electrons. The first-order valence-corrected chi connectivity index (χ1v) is 11.6. The first kappa shape index (κ1) is 22.2. The summed E-state index contributed by atoms with van der Waals surface area (Å²) in [5.41, 5.74) is 0.444. The average Bonchev–Trinajstić information content (AvgIpc) is 3.37. The van der Waals surface area contributed by atoms with Gasteiger partial charge >= 0.3 is 6.09 Å². The Morgan fingerprint density at radius 3 is 2.77 bits per heavy atom. The van der Waals surface area contributed by atoms with Crippen LogP contribution in [0.3, 0.4) is 0 Å². The quantitative estimate of drug-likeness (QED) is 0.599. The number of likely N-dealkylation sites (tertiary alicyclic amines) is 2. The number of carbonyl (C=O) groups excluding carboxylic acids is 1. The monoisotopic (exact) mass is 445 g/mol. The standard InChI is InChI=1S/C24H32ClN3O3/c1-24(2,3)31-23(29)28-13-7-11-20(28)19-10-4-5-12-27(19)16-22-26-15-21(30-22)17-8-6-9-18(25)14-17/h6,8-9,14-15,19-20H,4-5,7,10-13,16H2,1-3H3/t19-,20+/m1/s1. The smallest absolute Gasteiger partial charge is 0.410 e. The van der Waals surface area contributed by atoms with Crippen LogP contribution in [0.2, 0.25) is 5.02 Å². The lowest BCUT2D eigenvalue weighted by molar-refractivity contribution is 0.00541. The van der Waals surface area contributed by atoms with E-state index in [0.29, 0.717) is 23.5 Å². The molecule has 1 amide bonds. The van der Waals surface area contributed by atoms with Gasteiger partial charge in [0, 0.05) is 23.2 Å². The lowest BCUT2D eigenvalue weighted by atomic mass is 9.94. The average molecular weight is 446 g/mol. The van der Waals surface area contributed by atoms with Crippen molar-refractivity contribution in [3.8, 4) is 11.3 Å². The van der Waals surface area contributed by atoms with Gasteiger partial charge in [-0.1, -0.05) is 30.2 Å². The number of amides is 1. The van der Waals surface area contributed by atoms with E-state index in [1.165, 1.54) is 6.42 Å². The van der Waals surface area contributed by atoms with Gasteiger partial charge in [-0.05, 0) is 65.1 Å². The molecule has 0 aliphatic carbocycles. The summed E-state index contributed by atoms with van der Waals surface area (Å²) in [4.78, 5) is 21.7. The van der Waals surface area contributed by atoms with E-state index >= 15 is 0 Å². The summed E-state index contributed by atoms with van der Waals surface area (Å²) in [6.45, 7) is 8.15. The van der Waals surface area contributed by atoms with Crippen LogP contribution in [-0.2, 0) is 11.3 Å². The molecule has 1 aromatic carbocycles. The fraction of sp³-hybridized carbons (Fsp3) is 0.583. The molecule has 2 aliphatic rings. The third kappa shape index (κ3) is 5.42. The molecule has 1 aromatic heterocycles. The summed E-state index contributed by atoms with van der Waals surface area (Å²) in [6.07, 6.45) is 7.01. The zero-order valence-corrected chi connectivity index (χ0v) is 19.4. The summed E-state index contributed by atoms with van der Waals surface area (Å²) >= 11 is 6.12. The lowest BCUT2D eigenvalue weighted by Crippen LogP contribution is -2.53. The second-order valence-corrected chi connectivity index (χ2v) is 9.98. The van der Waals surface area contributed by atoms with E-state index in [1.54, 1.807) is 6.20 Å². The number of carbonyl (C=O) groups is 1. The molecule has 0 spiro atoms. The van der Waals surface area contributed by atoms with Crippen LogP contribution in [0.15, 0.2) is 34.9 Å². The van der Waals surface area contributed by atoms with E-state index < -0.39 is 5.60 Å². The third-order valence-corrected chi connectivity index (χ3v) is 6.27. The van der Waals surface area contributed by atoms with Crippen LogP contribution in [-0.4, -0.2) is 51.7 Å². The molecule has 0 saturated carbocycles. The number of piperidine rings is 1. The number of hydrogen-bond donors (Lipinski definition) is 0. The molecule has 6 nitrogen and oxygen atoms in total. The van der Waals surface area contributed by atoms with Gasteiger partial charge in [-0.2, -0.15) is 0 Å². The molecule has 7 heteroatoms. The summed E-state index contributed by atoms with van der Waals surface area (Å²) in [7, 11) is 0. The van der Waals surface area contributed by atoms with Gasteiger partial charge in [0.1, 0.15) is 5.60 Å². The minimum absolute atomic E-state index is 0.178. The van der Waals surface area contributed by atoms with E-state index in [4.69, 9.17) is 20.8 Å². The Bertz CT molecular complexity index is 907. The molecule has 2 fully saturated rings. The summed E-state index contributed by atoms with van der Waals surface area (Å²) in [5, 5.41) is 0.676. The minimum Gasteiger partial charge on any atom is -0.444 e. The van der Waals surface area contributed by atoms with E-state index in [9.17, 15) is 4.79 Å². The van der Waals surface area contributed by atoms with Crippen molar-refractivity contribution < 1.29 is 13.9 Å². The highest BCUT2D eigenvalue weighted by Crippen LogP contribution is 2.32. The van der Waals surface area contributed by atoms with Crippen molar-refractivity contribution in [2.75, 3.05) is 13.1 Å². The zero-order chi connectivity index (χ0) is 22.0. The second kappa shape index (κ2) is 9.21. The molecule has 2 atom stereocenters. The van der Waals surface area contributed by atoms with Crippen LogP contribution in [0.25, 0.3) is 11.3 Å². The van der Waals surface area contributed by atoms with Crippen molar-refractivity contribution in [2.24, 2.45) is 0 Å². The van der Waals surface area contributed by atoms with Gasteiger partial charge in [0.25, 0.3) is 0 Å².